The van der Waals surface area contributed by atoms with E-state index in [1.165, 1.54) is 77.6 Å². The van der Waals surface area contributed by atoms with E-state index in [4.69, 9.17) is 0 Å². The molecule has 0 unspecified atom stereocenters. The summed E-state index contributed by atoms with van der Waals surface area (Å²) in [5, 5.41) is 2.53. The Hall–Kier alpha value is -8.20. The molecule has 0 aliphatic rings. The van der Waals surface area contributed by atoms with Gasteiger partial charge in [-0.2, -0.15) is 0 Å². The van der Waals surface area contributed by atoms with Crippen molar-refractivity contribution in [1.82, 2.24) is 4.57 Å². The molecule has 62 heavy (non-hydrogen) atoms. The summed E-state index contributed by atoms with van der Waals surface area (Å²) >= 11 is 0. The Morgan fingerprint density at radius 1 is 0.242 bits per heavy atom. The zero-order valence-electron chi connectivity index (χ0n) is 34.1. The maximum absolute atomic E-state index is 2.41. The summed E-state index contributed by atoms with van der Waals surface area (Å²) in [6, 6.07) is 92.0. The van der Waals surface area contributed by atoms with Gasteiger partial charge in [0.15, 0.2) is 0 Å². The lowest BCUT2D eigenvalue weighted by Gasteiger charge is -2.27. The molecule has 292 valence electrons. The number of hydrogen-bond donors (Lipinski definition) is 0. The first-order chi connectivity index (χ1) is 30.7. The smallest absolute Gasteiger partial charge is 0.0541 e. The van der Waals surface area contributed by atoms with Crippen LogP contribution in [0.15, 0.2) is 255 Å². The lowest BCUT2D eigenvalue weighted by Crippen LogP contribution is -2.10. The molecule has 2 heteroatoms. The summed E-state index contributed by atoms with van der Waals surface area (Å²) in [7, 11) is 0. The fourth-order valence-electron chi connectivity index (χ4n) is 8.98. The van der Waals surface area contributed by atoms with Gasteiger partial charge in [-0.15, -0.1) is 0 Å². The van der Waals surface area contributed by atoms with Crippen LogP contribution in [0, 0.1) is 0 Å². The quantitative estimate of drug-likeness (QED) is 0.141. The first-order valence-corrected chi connectivity index (χ1v) is 21.3. The Bertz CT molecular complexity index is 3200. The number of rotatable bonds is 9. The van der Waals surface area contributed by atoms with Gasteiger partial charge in [0.25, 0.3) is 0 Å². The van der Waals surface area contributed by atoms with Crippen LogP contribution in [0.5, 0.6) is 0 Å². The number of anilines is 3. The Balaban J connectivity index is 0.988. The Labute approximate surface area is 362 Å². The van der Waals surface area contributed by atoms with Gasteiger partial charge in [-0.05, 0) is 111 Å². The average molecular weight is 791 g/mol. The molecule has 1 heterocycles. The molecular weight excluding hydrogens is 749 g/mol. The van der Waals surface area contributed by atoms with Crippen LogP contribution in [-0.2, 0) is 0 Å². The van der Waals surface area contributed by atoms with Gasteiger partial charge in [-0.1, -0.05) is 194 Å². The molecule has 0 bridgehead atoms. The zero-order valence-corrected chi connectivity index (χ0v) is 34.1. The van der Waals surface area contributed by atoms with Gasteiger partial charge >= 0.3 is 0 Å². The minimum atomic E-state index is 1.08. The predicted molar refractivity (Wildman–Crippen MR) is 263 cm³/mol. The van der Waals surface area contributed by atoms with Gasteiger partial charge in [0.1, 0.15) is 0 Å². The second-order valence-electron chi connectivity index (χ2n) is 15.8. The molecule has 0 spiro atoms. The molecule has 1 aromatic heterocycles. The van der Waals surface area contributed by atoms with Crippen molar-refractivity contribution in [2.45, 2.75) is 0 Å². The largest absolute Gasteiger partial charge is 0.310 e. The molecule has 11 rings (SSSR count). The van der Waals surface area contributed by atoms with E-state index in [1.54, 1.807) is 0 Å². The third-order valence-electron chi connectivity index (χ3n) is 12.0. The highest BCUT2D eigenvalue weighted by Crippen LogP contribution is 2.42. The molecule has 0 atom stereocenters. The normalized spacial score (nSPS) is 11.2. The SMILES string of the molecule is c1ccc(-c2cccc(N(c3ccc(-c4ccc(-c5ccccc5-n5c6ccccc6c6ccccc65)cc4)cc3)c3cc(-c4ccccc4)cc(-c4ccccc4)c3)c2)cc1. The molecule has 0 aliphatic carbocycles. The van der Waals surface area contributed by atoms with E-state index >= 15 is 0 Å². The fraction of sp³-hybridized carbons (Fsp3) is 0. The third-order valence-corrected chi connectivity index (χ3v) is 12.0. The number of fused-ring (bicyclic) bond motifs is 3. The number of nitrogens with zero attached hydrogens (tertiary/aromatic N) is 2. The fourth-order valence-corrected chi connectivity index (χ4v) is 8.98. The van der Waals surface area contributed by atoms with Crippen molar-refractivity contribution < 1.29 is 0 Å². The Morgan fingerprint density at radius 3 is 1.24 bits per heavy atom. The number of aromatic nitrogens is 1. The van der Waals surface area contributed by atoms with Crippen LogP contribution >= 0.6 is 0 Å². The van der Waals surface area contributed by atoms with E-state index in [0.29, 0.717) is 0 Å². The summed E-state index contributed by atoms with van der Waals surface area (Å²) < 4.78 is 2.41. The first kappa shape index (κ1) is 36.8. The van der Waals surface area contributed by atoms with Crippen LogP contribution in [0.1, 0.15) is 0 Å². The maximum Gasteiger partial charge on any atom is 0.0541 e. The topological polar surface area (TPSA) is 8.17 Å². The van der Waals surface area contributed by atoms with Crippen LogP contribution in [-0.4, -0.2) is 4.57 Å². The molecule has 0 aliphatic heterocycles. The number of benzene rings is 10. The molecule has 2 nitrogen and oxygen atoms in total. The first-order valence-electron chi connectivity index (χ1n) is 21.3. The van der Waals surface area contributed by atoms with E-state index in [-0.39, 0.29) is 0 Å². The van der Waals surface area contributed by atoms with E-state index in [9.17, 15) is 0 Å². The molecule has 0 saturated heterocycles. The highest BCUT2D eigenvalue weighted by Gasteiger charge is 2.18. The second kappa shape index (κ2) is 16.1. The second-order valence-corrected chi connectivity index (χ2v) is 15.8. The van der Waals surface area contributed by atoms with Gasteiger partial charge in [-0.25, -0.2) is 0 Å². The van der Waals surface area contributed by atoms with Crippen molar-refractivity contribution in [3.8, 4) is 61.3 Å². The third kappa shape index (κ3) is 6.94. The number of para-hydroxylation sites is 3. The summed E-state index contributed by atoms with van der Waals surface area (Å²) in [5.41, 5.74) is 18.6. The molecule has 0 fully saturated rings. The minimum absolute atomic E-state index is 1.08. The lowest BCUT2D eigenvalue weighted by molar-refractivity contribution is 1.18. The lowest BCUT2D eigenvalue weighted by atomic mass is 9.96. The summed E-state index contributed by atoms with van der Waals surface area (Å²) in [6.45, 7) is 0. The van der Waals surface area contributed by atoms with Gasteiger partial charge < -0.3 is 9.47 Å². The van der Waals surface area contributed by atoms with Gasteiger partial charge in [0, 0.05) is 33.4 Å². The highest BCUT2D eigenvalue weighted by molar-refractivity contribution is 6.09. The molecular formula is C60H42N2. The van der Waals surface area contributed by atoms with Gasteiger partial charge in [0.05, 0.1) is 16.7 Å². The van der Waals surface area contributed by atoms with Crippen molar-refractivity contribution >= 4 is 38.9 Å². The van der Waals surface area contributed by atoms with E-state index < -0.39 is 0 Å². The van der Waals surface area contributed by atoms with Crippen molar-refractivity contribution in [3.05, 3.63) is 255 Å². The monoisotopic (exact) mass is 790 g/mol. The predicted octanol–water partition coefficient (Wildman–Crippen LogP) is 16.6. The van der Waals surface area contributed by atoms with Crippen molar-refractivity contribution in [2.24, 2.45) is 0 Å². The summed E-state index contributed by atoms with van der Waals surface area (Å²) in [4.78, 5) is 2.39. The molecule has 11 aromatic rings. The van der Waals surface area contributed by atoms with Crippen LogP contribution in [0.2, 0.25) is 0 Å². The summed E-state index contributed by atoms with van der Waals surface area (Å²) in [6.07, 6.45) is 0. The molecule has 0 saturated carbocycles. The Morgan fingerprint density at radius 2 is 0.661 bits per heavy atom. The van der Waals surface area contributed by atoms with Gasteiger partial charge in [0.2, 0.25) is 0 Å². The Kier molecular flexibility index (Phi) is 9.57. The van der Waals surface area contributed by atoms with Crippen molar-refractivity contribution in [1.29, 1.82) is 0 Å². The average Bonchev–Trinajstić information content (AvgIpc) is 3.69. The highest BCUT2D eigenvalue weighted by atomic mass is 15.1. The molecule has 10 aromatic carbocycles. The molecule has 0 N–H and O–H groups in total. The van der Waals surface area contributed by atoms with Crippen LogP contribution in [0.4, 0.5) is 17.1 Å². The standard InChI is InChI=1S/C60H42N2/c1-4-17-43(18-5-1)49-23-16-24-53(40-49)61(54-41-50(44-19-6-2-7-20-44)39-51(42-54)45-21-8-3-9-22-45)52-37-35-47(36-38-52)46-31-33-48(34-32-46)55-25-10-13-28-58(55)62-59-29-14-11-26-56(59)57-27-12-15-30-60(57)62/h1-42H. The molecule has 0 amide bonds. The summed E-state index contributed by atoms with van der Waals surface area (Å²) in [5.74, 6) is 0. The minimum Gasteiger partial charge on any atom is -0.310 e. The van der Waals surface area contributed by atoms with E-state index in [0.717, 1.165) is 22.6 Å². The zero-order chi connectivity index (χ0) is 41.2. The van der Waals surface area contributed by atoms with E-state index in [1.807, 2.05) is 0 Å². The van der Waals surface area contributed by atoms with E-state index in [2.05, 4.69) is 264 Å². The van der Waals surface area contributed by atoms with Crippen molar-refractivity contribution in [3.63, 3.8) is 0 Å². The van der Waals surface area contributed by atoms with Crippen molar-refractivity contribution in [2.75, 3.05) is 4.90 Å². The maximum atomic E-state index is 2.41. The number of hydrogen-bond acceptors (Lipinski definition) is 1. The van der Waals surface area contributed by atoms with Crippen LogP contribution in [0.3, 0.4) is 0 Å². The van der Waals surface area contributed by atoms with Crippen LogP contribution < -0.4 is 4.90 Å². The van der Waals surface area contributed by atoms with Crippen LogP contribution in [0.25, 0.3) is 83.1 Å². The molecule has 0 radical (unpaired) electrons. The van der Waals surface area contributed by atoms with Gasteiger partial charge in [-0.3, -0.25) is 0 Å².